The molecule has 0 spiro atoms. The SMILES string of the molecule is CC(NC(=O)c1c(N)cccc1Cl)c1cccc(F)c1. The number of benzene rings is 2. The third-order valence-corrected chi connectivity index (χ3v) is 3.28. The van der Waals surface area contributed by atoms with Gasteiger partial charge in [0.25, 0.3) is 5.91 Å². The first-order valence-corrected chi connectivity index (χ1v) is 6.47. The van der Waals surface area contributed by atoms with E-state index in [1.165, 1.54) is 12.1 Å². The summed E-state index contributed by atoms with van der Waals surface area (Å²) in [5, 5.41) is 3.04. The predicted molar refractivity (Wildman–Crippen MR) is 78.1 cm³/mol. The maximum absolute atomic E-state index is 13.2. The largest absolute Gasteiger partial charge is 0.398 e. The molecule has 0 aliphatic carbocycles. The molecule has 0 saturated carbocycles. The van der Waals surface area contributed by atoms with Crippen molar-refractivity contribution in [3.8, 4) is 0 Å². The number of rotatable bonds is 3. The van der Waals surface area contributed by atoms with E-state index in [0.29, 0.717) is 11.3 Å². The highest BCUT2D eigenvalue weighted by molar-refractivity contribution is 6.34. The first kappa shape index (κ1) is 14.3. The number of carbonyl (C=O) groups is 1. The summed E-state index contributed by atoms with van der Waals surface area (Å²) < 4.78 is 13.2. The fraction of sp³-hybridized carbons (Fsp3) is 0.133. The van der Waals surface area contributed by atoms with E-state index < -0.39 is 0 Å². The van der Waals surface area contributed by atoms with E-state index in [-0.39, 0.29) is 28.4 Å². The van der Waals surface area contributed by atoms with Crippen molar-refractivity contribution in [2.45, 2.75) is 13.0 Å². The Bertz CT molecular complexity index is 625. The minimum Gasteiger partial charge on any atom is -0.398 e. The van der Waals surface area contributed by atoms with Gasteiger partial charge in [-0.25, -0.2) is 4.39 Å². The van der Waals surface area contributed by atoms with Crippen molar-refractivity contribution in [1.29, 1.82) is 0 Å². The van der Waals surface area contributed by atoms with Crippen LogP contribution >= 0.6 is 11.6 Å². The number of hydrogen-bond acceptors (Lipinski definition) is 2. The van der Waals surface area contributed by atoms with E-state index in [9.17, 15) is 9.18 Å². The van der Waals surface area contributed by atoms with Crippen LogP contribution in [0, 0.1) is 5.82 Å². The van der Waals surface area contributed by atoms with Crippen molar-refractivity contribution in [2.24, 2.45) is 0 Å². The van der Waals surface area contributed by atoms with Crippen molar-refractivity contribution in [2.75, 3.05) is 5.73 Å². The van der Waals surface area contributed by atoms with Gasteiger partial charge >= 0.3 is 0 Å². The monoisotopic (exact) mass is 292 g/mol. The summed E-state index contributed by atoms with van der Waals surface area (Å²) in [6.45, 7) is 1.76. The Kier molecular flexibility index (Phi) is 4.25. The fourth-order valence-corrected chi connectivity index (χ4v) is 2.18. The number of anilines is 1. The molecule has 0 fully saturated rings. The summed E-state index contributed by atoms with van der Waals surface area (Å²) in [6, 6.07) is 10.6. The molecule has 20 heavy (non-hydrogen) atoms. The minimum atomic E-state index is -0.384. The van der Waals surface area contributed by atoms with Gasteiger partial charge in [0.05, 0.1) is 16.6 Å². The summed E-state index contributed by atoms with van der Waals surface area (Å²) in [5.41, 5.74) is 6.97. The lowest BCUT2D eigenvalue weighted by molar-refractivity contribution is 0.0941. The van der Waals surface area contributed by atoms with Gasteiger partial charge in [0, 0.05) is 5.69 Å². The molecule has 0 aliphatic heterocycles. The van der Waals surface area contributed by atoms with Crippen LogP contribution in [-0.2, 0) is 0 Å². The maximum Gasteiger partial charge on any atom is 0.255 e. The Labute approximate surface area is 121 Å². The molecule has 3 nitrogen and oxygen atoms in total. The van der Waals surface area contributed by atoms with Gasteiger partial charge in [0.15, 0.2) is 0 Å². The van der Waals surface area contributed by atoms with Crippen LogP contribution in [0.1, 0.15) is 28.9 Å². The minimum absolute atomic E-state index is 0.234. The molecule has 0 heterocycles. The average molecular weight is 293 g/mol. The Balaban J connectivity index is 2.20. The Morgan fingerprint density at radius 3 is 2.65 bits per heavy atom. The molecular formula is C15H14ClFN2O. The molecule has 2 aromatic carbocycles. The Hall–Kier alpha value is -2.07. The summed E-state index contributed by atoms with van der Waals surface area (Å²) in [7, 11) is 0. The lowest BCUT2D eigenvalue weighted by Gasteiger charge is -2.16. The van der Waals surface area contributed by atoms with E-state index in [4.69, 9.17) is 17.3 Å². The Morgan fingerprint density at radius 1 is 1.30 bits per heavy atom. The second-order valence-electron chi connectivity index (χ2n) is 4.45. The zero-order valence-electron chi connectivity index (χ0n) is 10.9. The van der Waals surface area contributed by atoms with E-state index in [0.717, 1.165) is 0 Å². The van der Waals surface area contributed by atoms with Gasteiger partial charge in [-0.2, -0.15) is 0 Å². The number of hydrogen-bond donors (Lipinski definition) is 2. The number of nitrogen functional groups attached to an aromatic ring is 1. The molecule has 104 valence electrons. The highest BCUT2D eigenvalue weighted by atomic mass is 35.5. The van der Waals surface area contributed by atoms with Gasteiger partial charge in [0.1, 0.15) is 5.82 Å². The predicted octanol–water partition coefficient (Wildman–Crippen LogP) is 3.55. The van der Waals surface area contributed by atoms with Crippen LogP contribution < -0.4 is 11.1 Å². The standard InChI is InChI=1S/C15H14ClFN2O/c1-9(10-4-2-5-11(17)8-10)19-15(20)14-12(16)6-3-7-13(14)18/h2-9H,18H2,1H3,(H,19,20). The second-order valence-corrected chi connectivity index (χ2v) is 4.86. The molecule has 0 saturated heterocycles. The summed E-state index contributed by atoms with van der Waals surface area (Å²) >= 11 is 5.98. The third-order valence-electron chi connectivity index (χ3n) is 2.97. The molecule has 0 aliphatic rings. The topological polar surface area (TPSA) is 55.1 Å². The number of carbonyl (C=O) groups excluding carboxylic acids is 1. The smallest absolute Gasteiger partial charge is 0.255 e. The van der Waals surface area contributed by atoms with Crippen LogP contribution in [0.3, 0.4) is 0 Å². The normalized spacial score (nSPS) is 11.9. The van der Waals surface area contributed by atoms with E-state index >= 15 is 0 Å². The third kappa shape index (κ3) is 3.08. The number of halogens is 2. The molecule has 2 aromatic rings. The molecule has 2 rings (SSSR count). The van der Waals surface area contributed by atoms with Gasteiger partial charge in [0.2, 0.25) is 0 Å². The molecule has 1 unspecified atom stereocenters. The number of nitrogens with two attached hydrogens (primary N) is 1. The van der Waals surface area contributed by atoms with Crippen LogP contribution in [0.15, 0.2) is 42.5 Å². The van der Waals surface area contributed by atoms with E-state index in [1.807, 2.05) is 0 Å². The van der Waals surface area contributed by atoms with Gasteiger partial charge in [-0.05, 0) is 36.8 Å². The molecule has 3 N–H and O–H groups in total. The average Bonchev–Trinajstić information content (AvgIpc) is 2.38. The first-order chi connectivity index (χ1) is 9.49. The lowest BCUT2D eigenvalue weighted by Crippen LogP contribution is -2.27. The number of nitrogens with one attached hydrogen (secondary N) is 1. The zero-order chi connectivity index (χ0) is 14.7. The van der Waals surface area contributed by atoms with Crippen molar-refractivity contribution < 1.29 is 9.18 Å². The Morgan fingerprint density at radius 2 is 2.00 bits per heavy atom. The molecule has 0 bridgehead atoms. The highest BCUT2D eigenvalue weighted by Gasteiger charge is 2.16. The highest BCUT2D eigenvalue weighted by Crippen LogP contribution is 2.23. The summed E-state index contributed by atoms with van der Waals surface area (Å²) in [6.07, 6.45) is 0. The van der Waals surface area contributed by atoms with Gasteiger partial charge < -0.3 is 11.1 Å². The van der Waals surface area contributed by atoms with Crippen molar-refractivity contribution in [1.82, 2.24) is 5.32 Å². The van der Waals surface area contributed by atoms with Crippen molar-refractivity contribution >= 4 is 23.2 Å². The van der Waals surface area contributed by atoms with Crippen molar-refractivity contribution in [3.63, 3.8) is 0 Å². The van der Waals surface area contributed by atoms with E-state index in [1.54, 1.807) is 37.3 Å². The molecule has 0 aromatic heterocycles. The lowest BCUT2D eigenvalue weighted by atomic mass is 10.1. The molecule has 1 atom stereocenters. The second kappa shape index (κ2) is 5.92. The molecule has 1 amide bonds. The van der Waals surface area contributed by atoms with E-state index in [2.05, 4.69) is 5.32 Å². The molecule has 0 radical (unpaired) electrons. The molecular weight excluding hydrogens is 279 g/mol. The van der Waals surface area contributed by atoms with Crippen LogP contribution in [0.2, 0.25) is 5.02 Å². The summed E-state index contributed by atoms with van der Waals surface area (Å²) in [4.78, 5) is 12.2. The van der Waals surface area contributed by atoms with Crippen molar-refractivity contribution in [3.05, 3.63) is 64.4 Å². The zero-order valence-corrected chi connectivity index (χ0v) is 11.6. The fourth-order valence-electron chi connectivity index (χ4n) is 1.91. The van der Waals surface area contributed by atoms with Gasteiger partial charge in [-0.15, -0.1) is 0 Å². The quantitative estimate of drug-likeness (QED) is 0.850. The first-order valence-electron chi connectivity index (χ1n) is 6.09. The maximum atomic E-state index is 13.2. The summed E-state index contributed by atoms with van der Waals surface area (Å²) in [5.74, 6) is -0.731. The van der Waals surface area contributed by atoms with Crippen LogP contribution in [0.25, 0.3) is 0 Å². The van der Waals surface area contributed by atoms with Crippen LogP contribution in [0.5, 0.6) is 0 Å². The van der Waals surface area contributed by atoms with Crippen LogP contribution in [0.4, 0.5) is 10.1 Å². The number of amides is 1. The van der Waals surface area contributed by atoms with Gasteiger partial charge in [-0.3, -0.25) is 4.79 Å². The molecule has 5 heteroatoms. The van der Waals surface area contributed by atoms with Gasteiger partial charge in [-0.1, -0.05) is 29.8 Å². The van der Waals surface area contributed by atoms with Crippen LogP contribution in [-0.4, -0.2) is 5.91 Å².